The summed E-state index contributed by atoms with van der Waals surface area (Å²) in [6.45, 7) is 8.51. The van der Waals surface area contributed by atoms with Crippen molar-refractivity contribution >= 4 is 22.3 Å². The molecule has 3 aromatic rings. The molecule has 3 unspecified atom stereocenters. The summed E-state index contributed by atoms with van der Waals surface area (Å²) >= 11 is 0. The molecular weight excluding hydrogens is 436 g/mol. The second-order valence-corrected chi connectivity index (χ2v) is 10.5. The van der Waals surface area contributed by atoms with Crippen LogP contribution in [-0.4, -0.2) is 24.2 Å². The monoisotopic (exact) mass is 473 g/mol. The fourth-order valence-electron chi connectivity index (χ4n) is 4.55. The van der Waals surface area contributed by atoms with Crippen molar-refractivity contribution in [3.63, 3.8) is 0 Å². The zero-order valence-electron chi connectivity index (χ0n) is 20.6. The van der Waals surface area contributed by atoms with E-state index in [2.05, 4.69) is 53.3 Å². The zero-order chi connectivity index (χ0) is 24.8. The fourth-order valence-corrected chi connectivity index (χ4v) is 5.32. The first-order chi connectivity index (χ1) is 16.2. The molecule has 3 nitrogen and oxygen atoms in total. The maximum atomic E-state index is 11.3. The van der Waals surface area contributed by atoms with Gasteiger partial charge in [0.15, 0.2) is 0 Å². The molecule has 178 valence electrons. The summed E-state index contributed by atoms with van der Waals surface area (Å²) in [4.78, 5) is 0. The Hall–Kier alpha value is -2.26. The Labute approximate surface area is 207 Å². The van der Waals surface area contributed by atoms with Crippen molar-refractivity contribution in [1.82, 2.24) is 0 Å². The van der Waals surface area contributed by atoms with Crippen LogP contribution < -0.4 is 5.73 Å². The van der Waals surface area contributed by atoms with Gasteiger partial charge >= 0.3 is 93.9 Å². The van der Waals surface area contributed by atoms with Gasteiger partial charge in [0.05, 0.1) is 0 Å². The van der Waals surface area contributed by atoms with Crippen LogP contribution in [0.25, 0.3) is 0 Å². The third-order valence-electron chi connectivity index (χ3n) is 6.62. The molecule has 0 aromatic heterocycles. The summed E-state index contributed by atoms with van der Waals surface area (Å²) in [6, 6.07) is 29.3. The molecule has 4 rings (SSSR count). The Morgan fingerprint density at radius 2 is 1.29 bits per heavy atom. The Bertz CT molecular complexity index is 1000. The molecule has 0 radical (unpaired) electrons. The topological polar surface area (TPSA) is 55.5 Å². The van der Waals surface area contributed by atoms with Crippen LogP contribution in [0.4, 0.5) is 0 Å². The second-order valence-electron chi connectivity index (χ2n) is 9.64. The Balaban J connectivity index is 0.000000196. The molecule has 3 N–H and O–H groups in total. The van der Waals surface area contributed by atoms with Gasteiger partial charge in [0, 0.05) is 6.04 Å². The van der Waals surface area contributed by atoms with E-state index in [0.717, 1.165) is 11.1 Å². The predicted molar refractivity (Wildman–Crippen MR) is 148 cm³/mol. The average Bonchev–Trinajstić information content (AvgIpc) is 3.28. The third-order valence-corrected chi connectivity index (χ3v) is 7.47. The van der Waals surface area contributed by atoms with Crippen molar-refractivity contribution in [2.75, 3.05) is 0 Å². The summed E-state index contributed by atoms with van der Waals surface area (Å²) in [5, 5.41) is 11.0. The van der Waals surface area contributed by atoms with Gasteiger partial charge in [-0.3, -0.25) is 0 Å². The normalized spacial score (nSPS) is 20.3. The molecule has 3 aromatic carbocycles. The van der Waals surface area contributed by atoms with Crippen molar-refractivity contribution in [3.05, 3.63) is 108 Å². The predicted octanol–water partition coefficient (Wildman–Crippen LogP) is 5.34. The molecule has 0 saturated carbocycles. The van der Waals surface area contributed by atoms with Gasteiger partial charge in [-0.15, -0.1) is 0 Å². The number of rotatable bonds is 6. The van der Waals surface area contributed by atoms with E-state index in [1.807, 2.05) is 87.7 Å². The molecule has 0 bridgehead atoms. The second kappa shape index (κ2) is 11.4. The molecular formula is C29H37BNO2P. The van der Waals surface area contributed by atoms with Gasteiger partial charge in [-0.2, -0.15) is 0 Å². The molecule has 0 aliphatic carbocycles. The van der Waals surface area contributed by atoms with E-state index >= 15 is 0 Å². The standard InChI is InChI=1S/C17H21NO.C12H16BOP/c1-13(2)16(18)17(19,14-9-5-3-6-10-14)15-11-7-4-8-12-15;1-9(2)11-8-13-14-12(11,15)10-6-4-3-5-7-10/h3-13,16,19H,18H2,1-2H3;3-9,11H,15H2,1-2H3/t;11-,12?/m.0/s1. The molecule has 34 heavy (non-hydrogen) atoms. The van der Waals surface area contributed by atoms with Crippen LogP contribution >= 0.6 is 9.24 Å². The van der Waals surface area contributed by atoms with Crippen molar-refractivity contribution in [1.29, 1.82) is 0 Å². The number of hydrogen-bond acceptors (Lipinski definition) is 3. The van der Waals surface area contributed by atoms with E-state index in [-0.39, 0.29) is 17.3 Å². The van der Waals surface area contributed by atoms with Gasteiger partial charge in [-0.1, -0.05) is 74.5 Å². The van der Waals surface area contributed by atoms with Gasteiger partial charge in [0.25, 0.3) is 0 Å². The van der Waals surface area contributed by atoms with E-state index < -0.39 is 5.60 Å². The third kappa shape index (κ3) is 5.52. The van der Waals surface area contributed by atoms with Crippen molar-refractivity contribution in [3.8, 4) is 0 Å². The van der Waals surface area contributed by atoms with E-state index in [1.165, 1.54) is 5.56 Å². The van der Waals surface area contributed by atoms with Crippen LogP contribution in [0.1, 0.15) is 44.4 Å². The summed E-state index contributed by atoms with van der Waals surface area (Å²) < 4.78 is 5.78. The maximum absolute atomic E-state index is 11.3. The number of aliphatic hydroxyl groups is 1. The van der Waals surface area contributed by atoms with Gasteiger partial charge in [0.1, 0.15) is 5.60 Å². The van der Waals surface area contributed by atoms with E-state index in [1.54, 1.807) is 0 Å². The molecule has 1 aliphatic rings. The van der Waals surface area contributed by atoms with Gasteiger partial charge in [-0.05, 0) is 17.0 Å². The van der Waals surface area contributed by atoms with Crippen molar-refractivity contribution in [2.45, 2.75) is 44.7 Å². The zero-order valence-corrected chi connectivity index (χ0v) is 21.8. The van der Waals surface area contributed by atoms with Crippen LogP contribution in [0.5, 0.6) is 0 Å². The first-order valence-electron chi connectivity index (χ1n) is 12.0. The van der Waals surface area contributed by atoms with E-state index in [4.69, 9.17) is 10.4 Å². The van der Waals surface area contributed by atoms with Crippen LogP contribution in [0, 0.1) is 17.8 Å². The molecule has 0 spiro atoms. The van der Waals surface area contributed by atoms with Crippen molar-refractivity contribution < 1.29 is 9.76 Å². The van der Waals surface area contributed by atoms with Gasteiger partial charge < -0.3 is 10.8 Å². The molecule has 0 fully saturated rings. The number of hydrogen-bond donors (Lipinski definition) is 2. The van der Waals surface area contributed by atoms with Gasteiger partial charge in [-0.25, -0.2) is 0 Å². The molecule has 1 aliphatic heterocycles. The number of benzene rings is 3. The number of nitrogens with two attached hydrogens (primary N) is 1. The van der Waals surface area contributed by atoms with E-state index in [0.29, 0.717) is 11.8 Å². The molecule has 4 atom stereocenters. The Kier molecular flexibility index (Phi) is 8.87. The van der Waals surface area contributed by atoms with Gasteiger partial charge in [0.2, 0.25) is 0 Å². The minimum absolute atomic E-state index is 0.172. The molecule has 0 amide bonds. The summed E-state index contributed by atoms with van der Waals surface area (Å²) in [7, 11) is 4.69. The fraction of sp³-hybridized carbons (Fsp3) is 0.345. The van der Waals surface area contributed by atoms with E-state index in [9.17, 15) is 5.11 Å². The minimum atomic E-state index is -1.16. The summed E-state index contributed by atoms with van der Waals surface area (Å²) in [6.07, 6.45) is 0. The summed E-state index contributed by atoms with van der Waals surface area (Å²) in [5.74, 6) is 3.32. The first kappa shape index (κ1) is 26.4. The van der Waals surface area contributed by atoms with Crippen LogP contribution in [0.3, 0.4) is 0 Å². The quantitative estimate of drug-likeness (QED) is 0.375. The Morgan fingerprint density at radius 3 is 1.71 bits per heavy atom. The van der Waals surface area contributed by atoms with Crippen LogP contribution in [0.2, 0.25) is 0 Å². The van der Waals surface area contributed by atoms with Crippen LogP contribution in [-0.2, 0) is 15.6 Å². The average molecular weight is 473 g/mol. The van der Waals surface area contributed by atoms with Crippen molar-refractivity contribution in [2.24, 2.45) is 23.5 Å². The SMILES string of the molecule is CC(C)C(N)C(O)(c1ccccc1)c1ccccc1.CC(C)[C@@H]1C=BOC1(P)c1ccccc1. The Morgan fingerprint density at radius 1 is 0.853 bits per heavy atom. The molecule has 0 saturated heterocycles. The summed E-state index contributed by atoms with van der Waals surface area (Å²) in [5.41, 5.74) is 8.05. The molecule has 5 heteroatoms. The molecule has 1 heterocycles. The first-order valence-corrected chi connectivity index (χ1v) is 12.6. The van der Waals surface area contributed by atoms with Crippen LogP contribution in [0.15, 0.2) is 91.0 Å².